The fourth-order valence-corrected chi connectivity index (χ4v) is 3.51. The highest BCUT2D eigenvalue weighted by Crippen LogP contribution is 2.30. The van der Waals surface area contributed by atoms with Gasteiger partial charge >= 0.3 is 0 Å². The lowest BCUT2D eigenvalue weighted by Crippen LogP contribution is -2.36. The van der Waals surface area contributed by atoms with Crippen molar-refractivity contribution in [3.8, 4) is 11.5 Å². The zero-order valence-electron chi connectivity index (χ0n) is 16.5. The van der Waals surface area contributed by atoms with Crippen molar-refractivity contribution in [3.05, 3.63) is 23.8 Å². The molecule has 0 bridgehead atoms. The molecular formula is C21H34N2O3. The first-order chi connectivity index (χ1) is 12.6. The Balaban J connectivity index is 2.11. The fraction of sp³-hybridized carbons (Fsp3) is 0.667. The molecule has 1 aliphatic carbocycles. The first-order valence-electron chi connectivity index (χ1n) is 10.0. The summed E-state index contributed by atoms with van der Waals surface area (Å²) in [7, 11) is 0. The molecule has 2 N–H and O–H groups in total. The lowest BCUT2D eigenvalue weighted by molar-refractivity contribution is -0.136. The summed E-state index contributed by atoms with van der Waals surface area (Å²) in [5.74, 6) is 1.84. The van der Waals surface area contributed by atoms with Crippen molar-refractivity contribution in [1.82, 2.24) is 4.90 Å². The van der Waals surface area contributed by atoms with Crippen molar-refractivity contribution < 1.29 is 14.3 Å². The molecule has 1 amide bonds. The number of amides is 1. The van der Waals surface area contributed by atoms with Crippen molar-refractivity contribution in [2.75, 3.05) is 19.8 Å². The van der Waals surface area contributed by atoms with Gasteiger partial charge in [-0.15, -0.1) is 0 Å². The zero-order chi connectivity index (χ0) is 18.9. The third-order valence-electron chi connectivity index (χ3n) is 4.77. The molecule has 0 heterocycles. The minimum atomic E-state index is 0.0788. The molecule has 2 unspecified atom stereocenters. The van der Waals surface area contributed by atoms with Gasteiger partial charge in [0, 0.05) is 25.0 Å². The molecule has 1 saturated carbocycles. The van der Waals surface area contributed by atoms with Crippen LogP contribution in [0, 0.1) is 5.92 Å². The summed E-state index contributed by atoms with van der Waals surface area (Å²) in [6, 6.07) is 6.16. The molecule has 146 valence electrons. The number of ether oxygens (including phenoxy) is 2. The molecule has 1 aliphatic rings. The zero-order valence-corrected chi connectivity index (χ0v) is 16.5. The first kappa shape index (κ1) is 20.6. The van der Waals surface area contributed by atoms with Crippen LogP contribution in [0.4, 0.5) is 0 Å². The van der Waals surface area contributed by atoms with E-state index in [9.17, 15) is 4.79 Å². The first-order valence-corrected chi connectivity index (χ1v) is 10.0. The van der Waals surface area contributed by atoms with Crippen LogP contribution in [0.3, 0.4) is 0 Å². The lowest BCUT2D eigenvalue weighted by Gasteiger charge is -2.26. The highest BCUT2D eigenvalue weighted by atomic mass is 16.5. The Kier molecular flexibility index (Phi) is 8.23. The van der Waals surface area contributed by atoms with E-state index in [4.69, 9.17) is 15.2 Å². The number of carbonyl (C=O) groups excluding carboxylic acids is 1. The average molecular weight is 363 g/mol. The predicted molar refractivity (Wildman–Crippen MR) is 104 cm³/mol. The van der Waals surface area contributed by atoms with Crippen LogP contribution in [0.1, 0.15) is 58.4 Å². The predicted octanol–water partition coefficient (Wildman–Crippen LogP) is 3.74. The molecule has 2 rings (SSSR count). The molecule has 0 spiro atoms. The SMILES string of the molecule is CCCOc1ccc(CN(CCC)C(=O)C2CCC(N)C2)cc1OCC. The topological polar surface area (TPSA) is 64.8 Å². The van der Waals surface area contributed by atoms with Gasteiger partial charge in [-0.05, 0) is 56.7 Å². The van der Waals surface area contributed by atoms with Crippen LogP contribution in [-0.2, 0) is 11.3 Å². The molecule has 1 aromatic carbocycles. The third kappa shape index (κ3) is 5.63. The molecule has 2 atom stereocenters. The second-order valence-corrected chi connectivity index (χ2v) is 7.09. The van der Waals surface area contributed by atoms with Gasteiger partial charge in [0.2, 0.25) is 5.91 Å². The number of benzene rings is 1. The van der Waals surface area contributed by atoms with Crippen LogP contribution >= 0.6 is 0 Å². The number of nitrogens with two attached hydrogens (primary N) is 1. The Bertz CT molecular complexity index is 576. The molecule has 5 heteroatoms. The summed E-state index contributed by atoms with van der Waals surface area (Å²) in [6.07, 6.45) is 4.58. The largest absolute Gasteiger partial charge is 0.490 e. The third-order valence-corrected chi connectivity index (χ3v) is 4.77. The summed E-state index contributed by atoms with van der Waals surface area (Å²) in [4.78, 5) is 14.9. The van der Waals surface area contributed by atoms with Crippen LogP contribution in [0.15, 0.2) is 18.2 Å². The highest BCUT2D eigenvalue weighted by molar-refractivity contribution is 5.79. The van der Waals surface area contributed by atoms with Crippen LogP contribution in [0.2, 0.25) is 0 Å². The summed E-state index contributed by atoms with van der Waals surface area (Å²) < 4.78 is 11.5. The maximum atomic E-state index is 12.9. The smallest absolute Gasteiger partial charge is 0.226 e. The molecule has 0 radical (unpaired) electrons. The lowest BCUT2D eigenvalue weighted by atomic mass is 10.1. The Morgan fingerprint density at radius 2 is 1.96 bits per heavy atom. The number of nitrogens with zero attached hydrogens (tertiary/aromatic N) is 1. The molecule has 1 aromatic rings. The number of hydrogen-bond acceptors (Lipinski definition) is 4. The number of carbonyl (C=O) groups is 1. The van der Waals surface area contributed by atoms with Crippen molar-refractivity contribution in [3.63, 3.8) is 0 Å². The van der Waals surface area contributed by atoms with E-state index >= 15 is 0 Å². The summed E-state index contributed by atoms with van der Waals surface area (Å²) in [6.45, 7) is 8.78. The normalized spacial score (nSPS) is 19.4. The van der Waals surface area contributed by atoms with Gasteiger partial charge in [-0.2, -0.15) is 0 Å². The summed E-state index contributed by atoms with van der Waals surface area (Å²) >= 11 is 0. The van der Waals surface area contributed by atoms with E-state index in [0.717, 1.165) is 55.7 Å². The second kappa shape index (κ2) is 10.4. The summed E-state index contributed by atoms with van der Waals surface area (Å²) in [5, 5.41) is 0. The van der Waals surface area contributed by atoms with Gasteiger partial charge in [-0.25, -0.2) is 0 Å². The van der Waals surface area contributed by atoms with E-state index in [0.29, 0.717) is 19.8 Å². The minimum Gasteiger partial charge on any atom is -0.490 e. The molecule has 26 heavy (non-hydrogen) atoms. The Labute approximate surface area is 157 Å². The van der Waals surface area contributed by atoms with Crippen molar-refractivity contribution >= 4 is 5.91 Å². The van der Waals surface area contributed by atoms with E-state index in [1.54, 1.807) is 0 Å². The highest BCUT2D eigenvalue weighted by Gasteiger charge is 2.30. The average Bonchev–Trinajstić information content (AvgIpc) is 3.07. The van der Waals surface area contributed by atoms with Gasteiger partial charge in [-0.1, -0.05) is 19.9 Å². The quantitative estimate of drug-likeness (QED) is 0.689. The maximum Gasteiger partial charge on any atom is 0.226 e. The van der Waals surface area contributed by atoms with Gasteiger partial charge < -0.3 is 20.1 Å². The van der Waals surface area contributed by atoms with E-state index in [1.807, 2.05) is 30.0 Å². The Hall–Kier alpha value is -1.75. The van der Waals surface area contributed by atoms with Gasteiger partial charge in [0.25, 0.3) is 0 Å². The van der Waals surface area contributed by atoms with E-state index < -0.39 is 0 Å². The van der Waals surface area contributed by atoms with Gasteiger partial charge in [-0.3, -0.25) is 4.79 Å². The van der Waals surface area contributed by atoms with Crippen LogP contribution in [-0.4, -0.2) is 36.6 Å². The van der Waals surface area contributed by atoms with Gasteiger partial charge in [0.15, 0.2) is 11.5 Å². The standard InChI is InChI=1S/C21H34N2O3/c1-4-11-23(21(24)17-8-9-18(22)14-17)15-16-7-10-19(26-12-5-2)20(13-16)25-6-3/h7,10,13,17-18H,4-6,8-9,11-12,14-15,22H2,1-3H3. The maximum absolute atomic E-state index is 12.9. The van der Waals surface area contributed by atoms with Crippen molar-refractivity contribution in [2.45, 2.75) is 65.5 Å². The van der Waals surface area contributed by atoms with Crippen LogP contribution in [0.5, 0.6) is 11.5 Å². The number of hydrogen-bond donors (Lipinski definition) is 1. The summed E-state index contributed by atoms with van der Waals surface area (Å²) in [5.41, 5.74) is 7.07. The van der Waals surface area contributed by atoms with Crippen LogP contribution < -0.4 is 15.2 Å². The second-order valence-electron chi connectivity index (χ2n) is 7.09. The molecule has 1 fully saturated rings. The van der Waals surface area contributed by atoms with E-state index in [2.05, 4.69) is 13.8 Å². The molecular weight excluding hydrogens is 328 g/mol. The fourth-order valence-electron chi connectivity index (χ4n) is 3.51. The van der Waals surface area contributed by atoms with Crippen molar-refractivity contribution in [1.29, 1.82) is 0 Å². The number of rotatable bonds is 10. The van der Waals surface area contributed by atoms with Crippen molar-refractivity contribution in [2.24, 2.45) is 11.7 Å². The molecule has 0 saturated heterocycles. The van der Waals surface area contributed by atoms with Gasteiger partial charge in [0.1, 0.15) is 0 Å². The molecule has 0 aliphatic heterocycles. The van der Waals surface area contributed by atoms with E-state index in [-0.39, 0.29) is 17.9 Å². The Morgan fingerprint density at radius 3 is 2.58 bits per heavy atom. The molecule has 0 aromatic heterocycles. The van der Waals surface area contributed by atoms with Crippen LogP contribution in [0.25, 0.3) is 0 Å². The van der Waals surface area contributed by atoms with E-state index in [1.165, 1.54) is 0 Å². The Morgan fingerprint density at radius 1 is 1.15 bits per heavy atom. The van der Waals surface area contributed by atoms with Gasteiger partial charge in [0.05, 0.1) is 13.2 Å². The monoisotopic (exact) mass is 362 g/mol. The minimum absolute atomic E-state index is 0.0788. The molecule has 5 nitrogen and oxygen atoms in total.